The van der Waals surface area contributed by atoms with Gasteiger partial charge in [0.05, 0.1) is 0 Å². The zero-order valence-corrected chi connectivity index (χ0v) is 33.2. The van der Waals surface area contributed by atoms with E-state index in [1.807, 2.05) is 67.6 Å². The van der Waals surface area contributed by atoms with Gasteiger partial charge in [0, 0.05) is 0 Å². The molecule has 0 saturated heterocycles. The Kier molecular flexibility index (Phi) is 20.0. The van der Waals surface area contributed by atoms with E-state index in [1.54, 1.807) is 23.3 Å². The van der Waals surface area contributed by atoms with Crippen LogP contribution in [0.25, 0.3) is 11.1 Å². The van der Waals surface area contributed by atoms with Crippen molar-refractivity contribution in [3.63, 3.8) is 0 Å². The average Bonchev–Trinajstić information content (AvgIpc) is 3.66. The third-order valence-corrected chi connectivity index (χ3v) is 6.82. The summed E-state index contributed by atoms with van der Waals surface area (Å²) in [4.78, 5) is 0. The number of allylic oxidation sites excluding steroid dienone is 4. The van der Waals surface area contributed by atoms with E-state index < -0.39 is 0 Å². The van der Waals surface area contributed by atoms with Crippen molar-refractivity contribution in [1.29, 1.82) is 0 Å². The fourth-order valence-corrected chi connectivity index (χ4v) is 4.31. The van der Waals surface area contributed by atoms with E-state index in [1.165, 1.54) is 44.5 Å². The van der Waals surface area contributed by atoms with Gasteiger partial charge >= 0.3 is 30.2 Å². The molecule has 0 amide bonds. The first kappa shape index (κ1) is 42.0. The third-order valence-electron chi connectivity index (χ3n) is 6.82. The molecule has 4 heteroatoms. The molecule has 0 unspecified atom stereocenters. The van der Waals surface area contributed by atoms with Crippen molar-refractivity contribution < 1.29 is 23.3 Å². The van der Waals surface area contributed by atoms with Crippen LogP contribution in [0.5, 0.6) is 0 Å². The number of hydrogen-bond donors (Lipinski definition) is 0. The summed E-state index contributed by atoms with van der Waals surface area (Å²) in [6, 6.07) is 36.8. The number of benzene rings is 4. The van der Waals surface area contributed by atoms with Gasteiger partial charge < -0.3 is 0 Å². The van der Waals surface area contributed by atoms with E-state index in [4.69, 9.17) is 0 Å². The molecule has 44 heavy (non-hydrogen) atoms. The Balaban J connectivity index is 0.000000658. The molecule has 2 aliphatic carbocycles. The minimum atomic E-state index is 0. The van der Waals surface area contributed by atoms with E-state index in [0.717, 1.165) is 12.8 Å². The minimum absolute atomic E-state index is 0. The fraction of sp³-hybridized carbons (Fsp3) is 0.300. The average molecular weight is 719 g/mol. The van der Waals surface area contributed by atoms with Gasteiger partial charge in [-0.1, -0.05) is 79.2 Å². The van der Waals surface area contributed by atoms with Crippen LogP contribution in [0, 0.1) is 38.1 Å². The van der Waals surface area contributed by atoms with Crippen LogP contribution < -0.4 is 0 Å². The molecule has 0 N–H and O–H groups in total. The van der Waals surface area contributed by atoms with E-state index in [-0.39, 0.29) is 35.6 Å². The van der Waals surface area contributed by atoms with Gasteiger partial charge in [0.25, 0.3) is 0 Å². The monoisotopic (exact) mass is 716 g/mol. The summed E-state index contributed by atoms with van der Waals surface area (Å²) >= 11 is 1.58. The Morgan fingerprint density at radius 2 is 1.20 bits per heavy atom. The second-order valence-corrected chi connectivity index (χ2v) is 12.5. The van der Waals surface area contributed by atoms with E-state index in [9.17, 15) is 0 Å². The number of fused-ring (bicyclic) bond motifs is 3. The molecule has 234 valence electrons. The topological polar surface area (TPSA) is 0 Å². The maximum atomic E-state index is 3.67. The second kappa shape index (κ2) is 21.0. The van der Waals surface area contributed by atoms with Gasteiger partial charge in [-0.3, -0.25) is 6.08 Å². The van der Waals surface area contributed by atoms with Crippen molar-refractivity contribution >= 4 is 31.7 Å². The first-order chi connectivity index (χ1) is 19.9. The fourth-order valence-electron chi connectivity index (χ4n) is 4.31. The van der Waals surface area contributed by atoms with E-state index in [2.05, 4.69) is 116 Å². The second-order valence-electron chi connectivity index (χ2n) is 12.5. The molecule has 0 aliphatic heterocycles. The zero-order chi connectivity index (χ0) is 31.2. The molecule has 2 aliphatic rings. The molecule has 4 aromatic carbocycles. The van der Waals surface area contributed by atoms with Gasteiger partial charge in [0.2, 0.25) is 0 Å². The Hall–Kier alpha value is -1.96. The first-order valence-corrected chi connectivity index (χ1v) is 20.5. The summed E-state index contributed by atoms with van der Waals surface area (Å²) in [5.74, 6) is 0. The van der Waals surface area contributed by atoms with Gasteiger partial charge in [-0.05, 0) is 28.4 Å². The molecular formula is C40H48Cl2SiZr-4. The molecule has 4 aromatic rings. The molecule has 6 rings (SSSR count). The number of rotatable bonds is 0. The van der Waals surface area contributed by atoms with Crippen LogP contribution >= 0.6 is 24.8 Å². The van der Waals surface area contributed by atoms with Crippen molar-refractivity contribution in [2.75, 3.05) is 0 Å². The molecule has 0 atom stereocenters. The Morgan fingerprint density at radius 1 is 0.682 bits per heavy atom. The third kappa shape index (κ3) is 14.4. The maximum absolute atomic E-state index is 3.67. The van der Waals surface area contributed by atoms with Crippen molar-refractivity contribution in [1.82, 2.24) is 0 Å². The van der Waals surface area contributed by atoms with Crippen LogP contribution in [-0.4, -0.2) is 6.88 Å². The molecule has 0 bridgehead atoms. The van der Waals surface area contributed by atoms with Crippen molar-refractivity contribution in [2.24, 2.45) is 0 Å². The summed E-state index contributed by atoms with van der Waals surface area (Å²) < 4.78 is 0. The van der Waals surface area contributed by atoms with Crippen LogP contribution in [0.3, 0.4) is 0 Å². The predicted octanol–water partition coefficient (Wildman–Crippen LogP) is 10.5. The van der Waals surface area contributed by atoms with E-state index in [0.29, 0.717) is 0 Å². The number of hydrogen-bond acceptors (Lipinski definition) is 0. The van der Waals surface area contributed by atoms with Crippen molar-refractivity contribution in [2.45, 2.75) is 79.1 Å². The van der Waals surface area contributed by atoms with Gasteiger partial charge in [0.1, 0.15) is 0 Å². The van der Waals surface area contributed by atoms with Gasteiger partial charge in [-0.2, -0.15) is 102 Å². The van der Waals surface area contributed by atoms with E-state index >= 15 is 0 Å². The molecule has 0 heterocycles. The Bertz CT molecular complexity index is 1320. The molecule has 0 nitrogen and oxygen atoms in total. The first-order valence-electron chi connectivity index (χ1n) is 14.6. The van der Waals surface area contributed by atoms with Crippen LogP contribution in [0.1, 0.15) is 81.3 Å². The Labute approximate surface area is 297 Å². The quantitative estimate of drug-likeness (QED) is 0.110. The van der Waals surface area contributed by atoms with Gasteiger partial charge in [-0.15, -0.1) is 42.4 Å². The summed E-state index contributed by atoms with van der Waals surface area (Å²) in [7, 11) is 0. The molecule has 0 radical (unpaired) electrons. The van der Waals surface area contributed by atoms with Crippen LogP contribution in [0.4, 0.5) is 0 Å². The van der Waals surface area contributed by atoms with Gasteiger partial charge in [0.15, 0.2) is 0 Å². The van der Waals surface area contributed by atoms with Crippen LogP contribution in [0.2, 0.25) is 0 Å². The predicted molar refractivity (Wildman–Crippen MR) is 196 cm³/mol. The zero-order valence-electron chi connectivity index (χ0n) is 27.7. The summed E-state index contributed by atoms with van der Waals surface area (Å²) in [6.07, 6.45) is 11.0. The molecule has 0 saturated carbocycles. The molecule has 0 fully saturated rings. The number of halogens is 2. The molecular weight excluding hydrogens is 671 g/mol. The summed E-state index contributed by atoms with van der Waals surface area (Å²) in [5, 5.41) is 0. The van der Waals surface area contributed by atoms with Crippen LogP contribution in [0.15, 0.2) is 97.1 Å². The number of aryl methyl sites for hydroxylation is 2. The Morgan fingerprint density at radius 3 is 1.57 bits per heavy atom. The van der Waals surface area contributed by atoms with Crippen LogP contribution in [-0.2, 0) is 40.6 Å². The SMILES string of the molecule is CC(C)(C)c1[c-]c2c(cc1)-c1ccc(C(C)(C)C)cc1C2.Cc1cc[c-]cc1.Cc1cc[c-]cc1.Cl.Cl.[C-]1=CC=CC1.[SiH2]=[Zr]. The molecule has 0 spiro atoms. The summed E-state index contributed by atoms with van der Waals surface area (Å²) in [6.45, 7) is 19.7. The van der Waals surface area contributed by atoms with Gasteiger partial charge in [-0.25, -0.2) is 12.2 Å². The molecule has 0 aromatic heterocycles. The summed E-state index contributed by atoms with van der Waals surface area (Å²) in [5.41, 5.74) is 11.3. The standard InChI is InChI=1S/C21H25.2C7H7.C5H5.2ClH.H2Si.Zr/c1-20(2,3)16-7-9-18-14(12-16)11-15-13-17(21(4,5)6)8-10-19(15)18;2*1-7-5-3-2-4-6-7;1-2-4-5-3-1;;;;/h7-10,12H,11H2,1-6H3;2*3-6H,1H3;1-3H,4H2;2*1H;1H2;/q4*-1;;;;. The van der Waals surface area contributed by atoms with Crippen molar-refractivity contribution in [3.8, 4) is 11.1 Å². The normalized spacial score (nSPS) is 11.5. The van der Waals surface area contributed by atoms with Crippen molar-refractivity contribution in [3.05, 3.63) is 155 Å².